The first kappa shape index (κ1) is 10.6. The van der Waals surface area contributed by atoms with E-state index in [2.05, 4.69) is 31.2 Å². The van der Waals surface area contributed by atoms with Crippen LogP contribution >= 0.6 is 0 Å². The quantitative estimate of drug-likeness (QED) is 0.817. The fraction of sp³-hybridized carbons (Fsp3) is 0.500. The van der Waals surface area contributed by atoms with Gasteiger partial charge in [0.15, 0.2) is 0 Å². The van der Waals surface area contributed by atoms with E-state index in [1.807, 2.05) is 5.06 Å². The molecule has 0 spiro atoms. The fourth-order valence-electron chi connectivity index (χ4n) is 2.01. The zero-order valence-electron chi connectivity index (χ0n) is 9.15. The molecule has 2 N–H and O–H groups in total. The first-order valence-corrected chi connectivity index (χ1v) is 5.47. The summed E-state index contributed by atoms with van der Waals surface area (Å²) in [4.78, 5) is 5.55. The maximum Gasteiger partial charge on any atom is 0.0724 e. The molecular formula is C12H18N2O. The highest BCUT2D eigenvalue weighted by atomic mass is 16.7. The first-order chi connectivity index (χ1) is 7.31. The van der Waals surface area contributed by atoms with Crippen molar-refractivity contribution < 1.29 is 4.84 Å². The SMILES string of the molecule is Cc1cccc(C(CN)N2CCCO2)c1. The summed E-state index contributed by atoms with van der Waals surface area (Å²) >= 11 is 0. The van der Waals surface area contributed by atoms with Crippen molar-refractivity contribution in [1.29, 1.82) is 0 Å². The van der Waals surface area contributed by atoms with Crippen molar-refractivity contribution in [2.75, 3.05) is 19.7 Å². The minimum Gasteiger partial charge on any atom is -0.329 e. The van der Waals surface area contributed by atoms with E-state index in [-0.39, 0.29) is 6.04 Å². The van der Waals surface area contributed by atoms with Crippen molar-refractivity contribution in [2.45, 2.75) is 19.4 Å². The largest absolute Gasteiger partial charge is 0.329 e. The molecule has 3 heteroatoms. The predicted molar refractivity (Wildman–Crippen MR) is 60.2 cm³/mol. The van der Waals surface area contributed by atoms with Crippen molar-refractivity contribution in [3.8, 4) is 0 Å². The van der Waals surface area contributed by atoms with Crippen molar-refractivity contribution in [1.82, 2.24) is 5.06 Å². The smallest absolute Gasteiger partial charge is 0.0724 e. The zero-order valence-corrected chi connectivity index (χ0v) is 9.15. The molecule has 0 aliphatic carbocycles. The summed E-state index contributed by atoms with van der Waals surface area (Å²) < 4.78 is 0. The lowest BCUT2D eigenvalue weighted by Crippen LogP contribution is -2.30. The van der Waals surface area contributed by atoms with E-state index in [0.29, 0.717) is 6.54 Å². The molecule has 2 rings (SSSR count). The fourth-order valence-corrected chi connectivity index (χ4v) is 2.01. The van der Waals surface area contributed by atoms with Gasteiger partial charge in [0, 0.05) is 13.1 Å². The lowest BCUT2D eigenvalue weighted by atomic mass is 10.0. The minimum absolute atomic E-state index is 0.201. The molecule has 3 nitrogen and oxygen atoms in total. The van der Waals surface area contributed by atoms with Crippen molar-refractivity contribution in [2.24, 2.45) is 5.73 Å². The van der Waals surface area contributed by atoms with Gasteiger partial charge in [-0.05, 0) is 18.9 Å². The number of benzene rings is 1. The standard InChI is InChI=1S/C12H18N2O/c1-10-4-2-5-11(8-10)12(9-13)14-6-3-7-15-14/h2,4-5,8,12H,3,6-7,9,13H2,1H3. The summed E-state index contributed by atoms with van der Waals surface area (Å²) in [5.74, 6) is 0. The third-order valence-electron chi connectivity index (χ3n) is 2.78. The Kier molecular flexibility index (Phi) is 3.36. The monoisotopic (exact) mass is 206 g/mol. The molecule has 0 radical (unpaired) electrons. The second-order valence-corrected chi connectivity index (χ2v) is 3.99. The van der Waals surface area contributed by atoms with Crippen molar-refractivity contribution >= 4 is 0 Å². The molecule has 0 amide bonds. The Morgan fingerprint density at radius 2 is 2.40 bits per heavy atom. The highest BCUT2D eigenvalue weighted by Gasteiger charge is 2.23. The van der Waals surface area contributed by atoms with Crippen LogP contribution in [0.25, 0.3) is 0 Å². The first-order valence-electron chi connectivity index (χ1n) is 5.47. The molecular weight excluding hydrogens is 188 g/mol. The zero-order chi connectivity index (χ0) is 10.7. The number of nitrogens with two attached hydrogens (primary N) is 1. The van der Waals surface area contributed by atoms with Gasteiger partial charge in [0.25, 0.3) is 0 Å². The molecule has 1 aliphatic heterocycles. The number of aryl methyl sites for hydroxylation is 1. The Labute approximate surface area is 90.8 Å². The van der Waals surface area contributed by atoms with E-state index in [1.165, 1.54) is 11.1 Å². The van der Waals surface area contributed by atoms with E-state index in [9.17, 15) is 0 Å². The third-order valence-corrected chi connectivity index (χ3v) is 2.78. The molecule has 1 aliphatic rings. The van der Waals surface area contributed by atoms with Gasteiger partial charge in [-0.3, -0.25) is 4.84 Å². The number of rotatable bonds is 3. The Bertz CT molecular complexity index is 321. The van der Waals surface area contributed by atoms with Crippen LogP contribution in [0.15, 0.2) is 24.3 Å². The molecule has 1 saturated heterocycles. The molecule has 1 unspecified atom stereocenters. The number of hydrogen-bond donors (Lipinski definition) is 1. The van der Waals surface area contributed by atoms with Crippen LogP contribution in [0.1, 0.15) is 23.6 Å². The Balaban J connectivity index is 2.18. The number of hydrogen-bond acceptors (Lipinski definition) is 3. The van der Waals surface area contributed by atoms with Gasteiger partial charge in [0.1, 0.15) is 0 Å². The molecule has 1 aromatic rings. The lowest BCUT2D eigenvalue weighted by Gasteiger charge is -2.25. The van der Waals surface area contributed by atoms with E-state index >= 15 is 0 Å². The van der Waals surface area contributed by atoms with Crippen LogP contribution < -0.4 is 5.73 Å². The summed E-state index contributed by atoms with van der Waals surface area (Å²) in [7, 11) is 0. The maximum atomic E-state index is 5.81. The van der Waals surface area contributed by atoms with Gasteiger partial charge in [0.05, 0.1) is 12.6 Å². The second kappa shape index (κ2) is 4.75. The number of hydroxylamine groups is 2. The van der Waals surface area contributed by atoms with Crippen LogP contribution in [-0.2, 0) is 4.84 Å². The summed E-state index contributed by atoms with van der Waals surface area (Å²) in [6.45, 7) is 4.50. The Morgan fingerprint density at radius 1 is 1.53 bits per heavy atom. The molecule has 0 aromatic heterocycles. The normalized spacial score (nSPS) is 19.3. The van der Waals surface area contributed by atoms with Gasteiger partial charge in [-0.15, -0.1) is 0 Å². The van der Waals surface area contributed by atoms with Gasteiger partial charge in [-0.1, -0.05) is 29.8 Å². The van der Waals surface area contributed by atoms with Gasteiger partial charge in [-0.2, -0.15) is 5.06 Å². The van der Waals surface area contributed by atoms with E-state index < -0.39 is 0 Å². The van der Waals surface area contributed by atoms with Gasteiger partial charge < -0.3 is 5.73 Å². The summed E-state index contributed by atoms with van der Waals surface area (Å²) in [6, 6.07) is 8.67. The van der Waals surface area contributed by atoms with E-state index in [1.54, 1.807) is 0 Å². The average molecular weight is 206 g/mol. The van der Waals surface area contributed by atoms with Gasteiger partial charge in [0.2, 0.25) is 0 Å². The molecule has 82 valence electrons. The summed E-state index contributed by atoms with van der Waals surface area (Å²) in [6.07, 6.45) is 1.10. The van der Waals surface area contributed by atoms with Crippen molar-refractivity contribution in [3.05, 3.63) is 35.4 Å². The van der Waals surface area contributed by atoms with Gasteiger partial charge >= 0.3 is 0 Å². The highest BCUT2D eigenvalue weighted by molar-refractivity contribution is 5.25. The van der Waals surface area contributed by atoms with Gasteiger partial charge in [-0.25, -0.2) is 0 Å². The second-order valence-electron chi connectivity index (χ2n) is 3.99. The molecule has 0 saturated carbocycles. The number of nitrogens with zero attached hydrogens (tertiary/aromatic N) is 1. The predicted octanol–water partition coefficient (Wildman–Crippen LogP) is 1.63. The van der Waals surface area contributed by atoms with Crippen LogP contribution in [0.2, 0.25) is 0 Å². The average Bonchev–Trinajstić information content (AvgIpc) is 2.72. The minimum atomic E-state index is 0.201. The molecule has 1 aromatic carbocycles. The third kappa shape index (κ3) is 2.37. The topological polar surface area (TPSA) is 38.5 Å². The molecule has 1 heterocycles. The summed E-state index contributed by atoms with van der Waals surface area (Å²) in [5, 5.41) is 2.01. The molecule has 15 heavy (non-hydrogen) atoms. The van der Waals surface area contributed by atoms with Crippen LogP contribution in [-0.4, -0.2) is 24.8 Å². The highest BCUT2D eigenvalue weighted by Crippen LogP contribution is 2.23. The molecule has 0 bridgehead atoms. The maximum absolute atomic E-state index is 5.81. The van der Waals surface area contributed by atoms with Crippen LogP contribution in [0.4, 0.5) is 0 Å². The van der Waals surface area contributed by atoms with Crippen molar-refractivity contribution in [3.63, 3.8) is 0 Å². The Morgan fingerprint density at radius 3 is 3.00 bits per heavy atom. The van der Waals surface area contributed by atoms with Crippen LogP contribution in [0, 0.1) is 6.92 Å². The molecule has 1 atom stereocenters. The Hall–Kier alpha value is -0.900. The summed E-state index contributed by atoms with van der Waals surface area (Å²) in [5.41, 5.74) is 8.33. The van der Waals surface area contributed by atoms with Crippen LogP contribution in [0.5, 0.6) is 0 Å². The lowest BCUT2D eigenvalue weighted by molar-refractivity contribution is -0.140. The van der Waals surface area contributed by atoms with E-state index in [4.69, 9.17) is 10.6 Å². The van der Waals surface area contributed by atoms with E-state index in [0.717, 1.165) is 19.6 Å². The van der Waals surface area contributed by atoms with Crippen LogP contribution in [0.3, 0.4) is 0 Å². The molecule has 1 fully saturated rings.